The molecule has 0 bridgehead atoms. The van der Waals surface area contributed by atoms with Gasteiger partial charge in [-0.1, -0.05) is 36.4 Å². The molecule has 3 amide bonds. The molecule has 166 valence electrons. The third-order valence-electron chi connectivity index (χ3n) is 5.10. The molecule has 1 aromatic heterocycles. The lowest BCUT2D eigenvalue weighted by atomic mass is 10.0. The van der Waals surface area contributed by atoms with E-state index < -0.39 is 35.2 Å². The van der Waals surface area contributed by atoms with E-state index >= 15 is 0 Å². The minimum atomic E-state index is -1.32. The average Bonchev–Trinajstić information content (AvgIpc) is 3.31. The van der Waals surface area contributed by atoms with Gasteiger partial charge in [0.15, 0.2) is 5.70 Å². The Morgan fingerprint density at radius 3 is 2.59 bits per heavy atom. The summed E-state index contributed by atoms with van der Waals surface area (Å²) in [6, 6.07) is 10.8. The summed E-state index contributed by atoms with van der Waals surface area (Å²) in [6.07, 6.45) is 0.0819. The number of thiophene rings is 1. The Bertz CT molecular complexity index is 1090. The van der Waals surface area contributed by atoms with Crippen molar-refractivity contribution in [2.45, 2.75) is 23.9 Å². The van der Waals surface area contributed by atoms with E-state index in [9.17, 15) is 24.3 Å². The molecule has 3 heterocycles. The second kappa shape index (κ2) is 9.15. The fourth-order valence-corrected chi connectivity index (χ4v) is 5.56. The number of benzene rings is 1. The number of amides is 3. The van der Waals surface area contributed by atoms with Crippen molar-refractivity contribution in [3.63, 3.8) is 0 Å². The van der Waals surface area contributed by atoms with Crippen molar-refractivity contribution in [1.29, 1.82) is 0 Å². The zero-order chi connectivity index (χ0) is 22.8. The van der Waals surface area contributed by atoms with E-state index in [1.165, 1.54) is 23.1 Å². The van der Waals surface area contributed by atoms with Crippen molar-refractivity contribution >= 4 is 46.8 Å². The number of hydrogen-bond acceptors (Lipinski definition) is 7. The minimum Gasteiger partial charge on any atom is -0.477 e. The van der Waals surface area contributed by atoms with Crippen LogP contribution in [0, 0.1) is 0 Å². The Morgan fingerprint density at radius 1 is 1.19 bits per heavy atom. The predicted molar refractivity (Wildman–Crippen MR) is 119 cm³/mol. The zero-order valence-electron chi connectivity index (χ0n) is 16.7. The van der Waals surface area contributed by atoms with Crippen LogP contribution in [0.5, 0.6) is 0 Å². The second-order valence-electron chi connectivity index (χ2n) is 7.23. The van der Waals surface area contributed by atoms with Crippen LogP contribution in [0.15, 0.2) is 59.2 Å². The largest absolute Gasteiger partial charge is 0.477 e. The fraction of sp³-hybridized carbons (Fsp3) is 0.238. The van der Waals surface area contributed by atoms with Crippen LogP contribution in [0.25, 0.3) is 0 Å². The normalized spacial score (nSPS) is 20.8. The number of fused-ring (bicyclic) bond motifs is 1. The van der Waals surface area contributed by atoms with Gasteiger partial charge in [-0.2, -0.15) is 0 Å². The highest BCUT2D eigenvalue weighted by molar-refractivity contribution is 8.00. The van der Waals surface area contributed by atoms with Crippen LogP contribution >= 0.6 is 23.1 Å². The summed E-state index contributed by atoms with van der Waals surface area (Å²) in [6.45, 7) is 0. The molecule has 2 aliphatic rings. The van der Waals surface area contributed by atoms with Crippen molar-refractivity contribution in [3.8, 4) is 0 Å². The number of nitrogens with two attached hydrogens (primary N) is 1. The van der Waals surface area contributed by atoms with Gasteiger partial charge in [-0.25, -0.2) is 4.79 Å². The number of carboxylic acids is 1. The monoisotopic (exact) mass is 472 g/mol. The number of thioether (sulfide) groups is 1. The summed E-state index contributed by atoms with van der Waals surface area (Å²) in [4.78, 5) is 51.3. The number of hydrogen-bond donors (Lipinski definition) is 4. The van der Waals surface area contributed by atoms with Gasteiger partial charge >= 0.3 is 5.97 Å². The Balaban J connectivity index is 1.45. The number of nitrogens with one attached hydrogen (secondary N) is 2. The Labute approximate surface area is 191 Å². The summed E-state index contributed by atoms with van der Waals surface area (Å²) in [5.41, 5.74) is 6.63. The Morgan fingerprint density at radius 2 is 1.94 bits per heavy atom. The number of aliphatic carboxylic acids is 1. The lowest BCUT2D eigenvalue weighted by Gasteiger charge is -2.49. The third-order valence-corrected chi connectivity index (χ3v) is 7.33. The molecule has 5 N–H and O–H groups in total. The molecule has 9 nitrogen and oxygen atoms in total. The van der Waals surface area contributed by atoms with Crippen molar-refractivity contribution in [1.82, 2.24) is 15.5 Å². The number of carbonyl (C=O) groups is 4. The molecule has 1 fully saturated rings. The lowest BCUT2D eigenvalue weighted by Crippen LogP contribution is -2.71. The zero-order valence-corrected chi connectivity index (χ0v) is 18.3. The van der Waals surface area contributed by atoms with Gasteiger partial charge in [0.2, 0.25) is 11.8 Å². The first-order valence-electron chi connectivity index (χ1n) is 9.71. The number of β-lactam (4-membered cyclic amide) rings is 1. The van der Waals surface area contributed by atoms with E-state index in [-0.39, 0.29) is 29.5 Å². The van der Waals surface area contributed by atoms with E-state index in [2.05, 4.69) is 10.6 Å². The van der Waals surface area contributed by atoms with Gasteiger partial charge in [-0.3, -0.25) is 19.3 Å². The van der Waals surface area contributed by atoms with Crippen LogP contribution < -0.4 is 16.4 Å². The molecule has 0 saturated carbocycles. The average molecular weight is 473 g/mol. The van der Waals surface area contributed by atoms with Crippen LogP contribution in [-0.4, -0.2) is 50.9 Å². The molecule has 2 unspecified atom stereocenters. The van der Waals surface area contributed by atoms with Gasteiger partial charge in [0.05, 0.1) is 12.1 Å². The third kappa shape index (κ3) is 4.27. The quantitative estimate of drug-likeness (QED) is 0.437. The standard InChI is InChI=1S/C21H20N4O5S2/c22-15(13-7-4-8-31-13)18(27)24-16-19(28)25-17(21(29)30)12(10-32-20(16)25)23-14(26)9-11-5-2-1-3-6-11/h1-8,15-16,20H,9-10,22H2,(H,23,26)(H,24,27)(H,29,30)/t15?,16?,20-/m1/s1. The first-order chi connectivity index (χ1) is 15.4. The Hall–Kier alpha value is -3.15. The van der Waals surface area contributed by atoms with Gasteiger partial charge in [0.25, 0.3) is 5.91 Å². The van der Waals surface area contributed by atoms with Crippen LogP contribution in [-0.2, 0) is 25.6 Å². The van der Waals surface area contributed by atoms with Crippen molar-refractivity contribution < 1.29 is 24.3 Å². The molecule has 2 aromatic rings. The summed E-state index contributed by atoms with van der Waals surface area (Å²) in [7, 11) is 0. The maximum atomic E-state index is 12.7. The second-order valence-corrected chi connectivity index (χ2v) is 9.32. The van der Waals surface area contributed by atoms with Gasteiger partial charge < -0.3 is 21.5 Å². The maximum absolute atomic E-state index is 12.7. The van der Waals surface area contributed by atoms with Crippen molar-refractivity contribution in [3.05, 3.63) is 69.7 Å². The number of rotatable bonds is 7. The molecule has 3 atom stereocenters. The van der Waals surface area contributed by atoms with E-state index in [1.54, 1.807) is 29.6 Å². The molecule has 1 saturated heterocycles. The molecule has 4 rings (SSSR count). The lowest BCUT2D eigenvalue weighted by molar-refractivity contribution is -0.151. The number of nitrogens with zero attached hydrogens (tertiary/aromatic N) is 1. The first kappa shape index (κ1) is 22.1. The fourth-order valence-electron chi connectivity index (χ4n) is 3.55. The van der Waals surface area contributed by atoms with Gasteiger partial charge in [0, 0.05) is 10.6 Å². The molecule has 32 heavy (non-hydrogen) atoms. The van der Waals surface area contributed by atoms with Crippen molar-refractivity contribution in [2.24, 2.45) is 5.73 Å². The van der Waals surface area contributed by atoms with Crippen LogP contribution in [0.1, 0.15) is 16.5 Å². The Kier molecular flexibility index (Phi) is 6.31. The molecular weight excluding hydrogens is 452 g/mol. The van der Waals surface area contributed by atoms with Crippen LogP contribution in [0.3, 0.4) is 0 Å². The molecule has 0 radical (unpaired) electrons. The highest BCUT2D eigenvalue weighted by Gasteiger charge is 2.54. The minimum absolute atomic E-state index is 0.0819. The van der Waals surface area contributed by atoms with Crippen LogP contribution in [0.4, 0.5) is 0 Å². The molecule has 1 aromatic carbocycles. The molecule has 2 aliphatic heterocycles. The maximum Gasteiger partial charge on any atom is 0.354 e. The summed E-state index contributed by atoms with van der Waals surface area (Å²) >= 11 is 2.60. The van der Waals surface area contributed by atoms with E-state index in [0.29, 0.717) is 4.88 Å². The van der Waals surface area contributed by atoms with E-state index in [4.69, 9.17) is 5.73 Å². The molecule has 0 spiro atoms. The summed E-state index contributed by atoms with van der Waals surface area (Å²) in [5, 5.41) is 16.2. The van der Waals surface area contributed by atoms with Crippen LogP contribution in [0.2, 0.25) is 0 Å². The highest BCUT2D eigenvalue weighted by Crippen LogP contribution is 2.39. The highest BCUT2D eigenvalue weighted by atomic mass is 32.2. The van der Waals surface area contributed by atoms with Crippen molar-refractivity contribution in [2.75, 3.05) is 5.75 Å². The SMILES string of the molecule is NC(C(=O)NC1C(=O)N2C(C(=O)O)=C(NC(=O)Cc3ccccc3)CS[C@H]12)c1cccs1. The van der Waals surface area contributed by atoms with Gasteiger partial charge in [-0.05, 0) is 17.0 Å². The molecule has 11 heteroatoms. The summed E-state index contributed by atoms with van der Waals surface area (Å²) < 4.78 is 0. The molecular formula is C21H20N4O5S2. The number of carboxylic acid groups (broad SMARTS) is 1. The van der Waals surface area contributed by atoms with Gasteiger partial charge in [-0.15, -0.1) is 23.1 Å². The van der Waals surface area contributed by atoms with E-state index in [1.807, 2.05) is 18.2 Å². The topological polar surface area (TPSA) is 142 Å². The smallest absolute Gasteiger partial charge is 0.354 e. The predicted octanol–water partition coefficient (Wildman–Crippen LogP) is 0.803. The van der Waals surface area contributed by atoms with Gasteiger partial charge in [0.1, 0.15) is 17.5 Å². The first-order valence-corrected chi connectivity index (χ1v) is 11.6. The van der Waals surface area contributed by atoms with E-state index in [0.717, 1.165) is 10.5 Å². The molecule has 0 aliphatic carbocycles. The number of carbonyl (C=O) groups excluding carboxylic acids is 3. The summed E-state index contributed by atoms with van der Waals surface area (Å²) in [5.74, 6) is -2.57.